The van der Waals surface area contributed by atoms with E-state index in [-0.39, 0.29) is 0 Å². The molecule has 1 nitrogen and oxygen atoms in total. The van der Waals surface area contributed by atoms with Crippen LogP contribution in [0, 0.1) is 0 Å². The first-order valence-corrected chi connectivity index (χ1v) is 12.9. The quantitative estimate of drug-likeness (QED) is 0.126. The summed E-state index contributed by atoms with van der Waals surface area (Å²) in [5, 5.41) is 0. The van der Waals surface area contributed by atoms with Crippen molar-refractivity contribution < 1.29 is 4.48 Å². The molecule has 159 valence electrons. The van der Waals surface area contributed by atoms with E-state index >= 15 is 0 Å². The van der Waals surface area contributed by atoms with Crippen LogP contribution < -0.4 is 0 Å². The molecule has 0 heterocycles. The summed E-state index contributed by atoms with van der Waals surface area (Å²) in [5.74, 6) is 0. The van der Waals surface area contributed by atoms with Crippen LogP contribution in [0.1, 0.15) is 102 Å². The Kier molecular flexibility index (Phi) is 15.7. The summed E-state index contributed by atoms with van der Waals surface area (Å²) in [7, 11) is 8.30. The van der Waals surface area contributed by atoms with Crippen molar-refractivity contribution in [3.8, 4) is 0 Å². The smallest absolute Gasteiger partial charge is 0.104 e. The molecule has 0 fully saturated rings. The highest BCUT2D eigenvalue weighted by atomic mass is 28.1. The number of hydrogen-bond donors (Lipinski definition) is 0. The molecule has 0 atom stereocenters. The number of quaternary nitrogens is 1. The SMILES string of the molecule is C[N+](C)(CCCCCCCCCCCCCCCCC[Si])Cc1ccccc1. The minimum atomic E-state index is 1.11. The molecule has 0 spiro atoms. The highest BCUT2D eigenvalue weighted by Crippen LogP contribution is 2.15. The predicted octanol–water partition coefficient (Wildman–Crippen LogP) is 7.70. The van der Waals surface area contributed by atoms with Gasteiger partial charge in [-0.2, -0.15) is 0 Å². The summed E-state index contributed by atoms with van der Waals surface area (Å²) in [6, 6.07) is 12.1. The van der Waals surface area contributed by atoms with E-state index in [9.17, 15) is 0 Å². The van der Waals surface area contributed by atoms with Gasteiger partial charge in [0.15, 0.2) is 0 Å². The Bertz CT molecular complexity index is 443. The summed E-state index contributed by atoms with van der Waals surface area (Å²) >= 11 is 0. The molecule has 2 heteroatoms. The van der Waals surface area contributed by atoms with Crippen molar-refractivity contribution in [3.05, 3.63) is 35.9 Å². The highest BCUT2D eigenvalue weighted by Gasteiger charge is 2.14. The van der Waals surface area contributed by atoms with E-state index in [0.29, 0.717) is 0 Å². The lowest BCUT2D eigenvalue weighted by atomic mass is 10.0. The van der Waals surface area contributed by atoms with Crippen LogP contribution in [0.3, 0.4) is 0 Å². The lowest BCUT2D eigenvalue weighted by Gasteiger charge is -2.30. The first kappa shape index (κ1) is 25.4. The van der Waals surface area contributed by atoms with Crippen molar-refractivity contribution in [3.63, 3.8) is 0 Å². The molecule has 0 amide bonds. The van der Waals surface area contributed by atoms with Crippen LogP contribution in [0.5, 0.6) is 0 Å². The molecule has 1 rings (SSSR count). The van der Waals surface area contributed by atoms with Crippen molar-refractivity contribution in [1.29, 1.82) is 0 Å². The maximum absolute atomic E-state index is 3.55. The molecule has 0 saturated heterocycles. The van der Waals surface area contributed by atoms with Crippen LogP contribution in [-0.4, -0.2) is 35.4 Å². The fourth-order valence-corrected chi connectivity index (χ4v) is 4.37. The molecule has 28 heavy (non-hydrogen) atoms. The van der Waals surface area contributed by atoms with Gasteiger partial charge in [0.05, 0.1) is 20.6 Å². The summed E-state index contributed by atoms with van der Waals surface area (Å²) in [5.41, 5.74) is 1.46. The molecule has 1 aromatic rings. The zero-order valence-corrected chi connectivity index (χ0v) is 20.1. The Morgan fingerprint density at radius 3 is 1.39 bits per heavy atom. The van der Waals surface area contributed by atoms with Crippen molar-refractivity contribution >= 4 is 10.2 Å². The Morgan fingerprint density at radius 1 is 0.571 bits per heavy atom. The van der Waals surface area contributed by atoms with Gasteiger partial charge < -0.3 is 4.48 Å². The van der Waals surface area contributed by atoms with Gasteiger partial charge in [0.1, 0.15) is 6.54 Å². The second-order valence-electron chi connectivity index (χ2n) is 9.36. The fourth-order valence-electron chi connectivity index (χ4n) is 4.12. The van der Waals surface area contributed by atoms with Crippen LogP contribution in [0.4, 0.5) is 0 Å². The van der Waals surface area contributed by atoms with E-state index < -0.39 is 0 Å². The lowest BCUT2D eigenvalue weighted by molar-refractivity contribution is -0.903. The van der Waals surface area contributed by atoms with Crippen molar-refractivity contribution in [2.45, 2.75) is 109 Å². The van der Waals surface area contributed by atoms with Crippen molar-refractivity contribution in [2.75, 3.05) is 20.6 Å². The fraction of sp³-hybridized carbons (Fsp3) is 0.769. The minimum absolute atomic E-state index is 1.11. The first-order chi connectivity index (χ1) is 13.6. The molecule has 1 aromatic carbocycles. The van der Waals surface area contributed by atoms with E-state index in [1.807, 2.05) is 0 Å². The molecule has 0 aromatic heterocycles. The largest absolute Gasteiger partial charge is 0.325 e. The maximum Gasteiger partial charge on any atom is 0.104 e. The Hall–Kier alpha value is -0.603. The van der Waals surface area contributed by atoms with E-state index in [1.165, 1.54) is 114 Å². The summed E-state index contributed by atoms with van der Waals surface area (Å²) in [6.45, 7) is 2.45. The van der Waals surface area contributed by atoms with E-state index in [4.69, 9.17) is 0 Å². The standard InChI is InChI=1S/C26H47NSi/c1-27(2,25-26-21-17-16-18-22-26)23-19-14-12-10-8-6-4-3-5-7-9-11-13-15-20-24-28/h16-18,21-22H,3-15,19-20,23-25H2,1-2H3/q+1. The van der Waals surface area contributed by atoms with Gasteiger partial charge in [-0.3, -0.25) is 0 Å². The van der Waals surface area contributed by atoms with Gasteiger partial charge in [-0.25, -0.2) is 0 Å². The average molecular weight is 402 g/mol. The summed E-state index contributed by atoms with van der Waals surface area (Å²) < 4.78 is 1.11. The van der Waals surface area contributed by atoms with Crippen LogP contribution in [0.25, 0.3) is 0 Å². The number of unbranched alkanes of at least 4 members (excludes halogenated alkanes) is 14. The lowest BCUT2D eigenvalue weighted by Crippen LogP contribution is -2.39. The van der Waals surface area contributed by atoms with E-state index in [2.05, 4.69) is 54.7 Å². The second-order valence-corrected chi connectivity index (χ2v) is 9.86. The average Bonchev–Trinajstić information content (AvgIpc) is 2.68. The second kappa shape index (κ2) is 17.3. The van der Waals surface area contributed by atoms with E-state index in [0.717, 1.165) is 11.0 Å². The molecule has 0 aliphatic carbocycles. The molecule has 0 unspecified atom stereocenters. The van der Waals surface area contributed by atoms with Crippen LogP contribution in [0.15, 0.2) is 30.3 Å². The molecule has 0 N–H and O–H groups in total. The highest BCUT2D eigenvalue weighted by molar-refractivity contribution is 6.08. The third kappa shape index (κ3) is 15.3. The van der Waals surface area contributed by atoms with Crippen LogP contribution in [0.2, 0.25) is 6.04 Å². The zero-order valence-electron chi connectivity index (χ0n) is 19.1. The van der Waals surface area contributed by atoms with Crippen molar-refractivity contribution in [2.24, 2.45) is 0 Å². The molecule has 0 bridgehead atoms. The van der Waals surface area contributed by atoms with Crippen LogP contribution in [-0.2, 0) is 6.54 Å². The number of hydrogen-bond acceptors (Lipinski definition) is 0. The molecular formula is C26H47NSi+. The molecule has 0 saturated carbocycles. The van der Waals surface area contributed by atoms with Gasteiger partial charge >= 0.3 is 0 Å². The van der Waals surface area contributed by atoms with E-state index in [1.54, 1.807) is 0 Å². The Labute approximate surface area is 180 Å². The third-order valence-electron chi connectivity index (χ3n) is 5.89. The first-order valence-electron chi connectivity index (χ1n) is 12.1. The maximum atomic E-state index is 3.55. The van der Waals surface area contributed by atoms with Gasteiger partial charge in [0, 0.05) is 15.8 Å². The van der Waals surface area contributed by atoms with Crippen LogP contribution >= 0.6 is 0 Å². The van der Waals surface area contributed by atoms with Gasteiger partial charge in [0.2, 0.25) is 0 Å². The molecular weight excluding hydrogens is 354 g/mol. The van der Waals surface area contributed by atoms with Gasteiger partial charge in [-0.05, 0) is 12.8 Å². The summed E-state index contributed by atoms with van der Waals surface area (Å²) in [4.78, 5) is 0. The molecule has 0 aliphatic heterocycles. The zero-order chi connectivity index (χ0) is 20.3. The van der Waals surface area contributed by atoms with Crippen molar-refractivity contribution in [1.82, 2.24) is 0 Å². The molecule has 0 aliphatic rings. The minimum Gasteiger partial charge on any atom is -0.325 e. The monoisotopic (exact) mass is 401 g/mol. The predicted molar refractivity (Wildman–Crippen MR) is 127 cm³/mol. The summed E-state index contributed by atoms with van der Waals surface area (Å²) in [6.07, 6.45) is 21.5. The number of nitrogens with zero attached hydrogens (tertiary/aromatic N) is 1. The third-order valence-corrected chi connectivity index (χ3v) is 6.25. The van der Waals surface area contributed by atoms with Gasteiger partial charge in [-0.15, -0.1) is 0 Å². The number of rotatable bonds is 19. The topological polar surface area (TPSA) is 0 Å². The van der Waals surface area contributed by atoms with Gasteiger partial charge in [0.25, 0.3) is 0 Å². The Morgan fingerprint density at radius 2 is 0.964 bits per heavy atom. The normalized spacial score (nSPS) is 11.8. The molecule has 3 radical (unpaired) electrons. The Balaban J connectivity index is 1.83. The van der Waals surface area contributed by atoms with Gasteiger partial charge in [-0.1, -0.05) is 120 Å². The number of benzene rings is 1.